The van der Waals surface area contributed by atoms with Gasteiger partial charge in [0.1, 0.15) is 11.1 Å². The van der Waals surface area contributed by atoms with E-state index in [9.17, 15) is 9.59 Å². The minimum absolute atomic E-state index is 0.0115. The molecule has 1 aromatic heterocycles. The van der Waals surface area contributed by atoms with E-state index in [4.69, 9.17) is 28.5 Å². The molecular weight excluding hydrogens is 383 g/mol. The van der Waals surface area contributed by atoms with E-state index in [-0.39, 0.29) is 24.9 Å². The van der Waals surface area contributed by atoms with Crippen molar-refractivity contribution in [1.82, 2.24) is 4.90 Å². The van der Waals surface area contributed by atoms with Gasteiger partial charge >= 0.3 is 0 Å². The third kappa shape index (κ3) is 5.73. The van der Waals surface area contributed by atoms with Crippen molar-refractivity contribution < 1.29 is 9.59 Å². The Morgan fingerprint density at radius 3 is 2.48 bits per heavy atom. The predicted molar refractivity (Wildman–Crippen MR) is 100 cm³/mol. The maximum Gasteiger partial charge on any atom is 0.239 e. The molecule has 0 spiro atoms. The van der Waals surface area contributed by atoms with E-state index in [0.29, 0.717) is 26.3 Å². The molecule has 130 valence electrons. The van der Waals surface area contributed by atoms with E-state index in [1.54, 1.807) is 41.6 Å². The summed E-state index contributed by atoms with van der Waals surface area (Å²) in [6, 6.07) is 8.41. The normalized spacial score (nSPS) is 10.4. The van der Waals surface area contributed by atoms with Gasteiger partial charge in [-0.05, 0) is 36.7 Å². The highest BCUT2D eigenvalue weighted by molar-refractivity contribution is 7.14. The van der Waals surface area contributed by atoms with Crippen LogP contribution in [0.25, 0.3) is 0 Å². The molecule has 0 aliphatic heterocycles. The molecule has 2 aromatic rings. The van der Waals surface area contributed by atoms with E-state index in [2.05, 4.69) is 10.6 Å². The molecule has 0 fully saturated rings. The van der Waals surface area contributed by atoms with E-state index < -0.39 is 0 Å². The molecule has 0 aliphatic rings. The summed E-state index contributed by atoms with van der Waals surface area (Å²) in [7, 11) is 1.65. The van der Waals surface area contributed by atoms with Crippen LogP contribution < -0.4 is 10.6 Å². The zero-order valence-electron chi connectivity index (χ0n) is 13.2. The number of nitrogens with one attached hydrogen (secondary N) is 2. The van der Waals surface area contributed by atoms with Gasteiger partial charge < -0.3 is 10.6 Å². The molecule has 2 amide bonds. The maximum absolute atomic E-state index is 12.0. The number of likely N-dealkylation sites (N-methyl/N-ethyl adjacent to an activating group) is 1. The number of hydrogen-bond acceptors (Lipinski definition) is 5. The number of nitrogens with zero attached hydrogens (tertiary/aromatic N) is 2. The van der Waals surface area contributed by atoms with Crippen LogP contribution in [0.4, 0.5) is 10.7 Å². The fourth-order valence-corrected chi connectivity index (χ4v) is 3.03. The summed E-state index contributed by atoms with van der Waals surface area (Å²) >= 11 is 13.0. The fraction of sp³-hybridized carbons (Fsp3) is 0.188. The first kappa shape index (κ1) is 19.2. The highest BCUT2D eigenvalue weighted by atomic mass is 35.5. The molecule has 1 heterocycles. The first-order chi connectivity index (χ1) is 11.9. The second-order valence-corrected chi connectivity index (χ2v) is 6.90. The Labute approximate surface area is 159 Å². The summed E-state index contributed by atoms with van der Waals surface area (Å²) in [5.74, 6) is -0.591. The Hall–Kier alpha value is -2.11. The quantitative estimate of drug-likeness (QED) is 0.782. The summed E-state index contributed by atoms with van der Waals surface area (Å²) < 4.78 is 0. The van der Waals surface area contributed by atoms with Gasteiger partial charge in [0.05, 0.1) is 28.7 Å². The molecule has 0 unspecified atom stereocenters. The summed E-state index contributed by atoms with van der Waals surface area (Å²) in [5, 5.41) is 17.2. The van der Waals surface area contributed by atoms with Crippen LogP contribution in [-0.4, -0.2) is 36.9 Å². The Morgan fingerprint density at radius 2 is 1.84 bits per heavy atom. The van der Waals surface area contributed by atoms with Crippen LogP contribution in [0.15, 0.2) is 29.6 Å². The number of carbonyl (C=O) groups is 2. The van der Waals surface area contributed by atoms with Crippen LogP contribution in [0.5, 0.6) is 0 Å². The highest BCUT2D eigenvalue weighted by Crippen LogP contribution is 2.25. The monoisotopic (exact) mass is 396 g/mol. The van der Waals surface area contributed by atoms with Crippen molar-refractivity contribution in [3.05, 3.63) is 45.3 Å². The van der Waals surface area contributed by atoms with Gasteiger partial charge in [0, 0.05) is 5.69 Å². The van der Waals surface area contributed by atoms with Crippen LogP contribution in [0.1, 0.15) is 5.56 Å². The van der Waals surface area contributed by atoms with Crippen molar-refractivity contribution in [1.29, 1.82) is 5.26 Å². The lowest BCUT2D eigenvalue weighted by Crippen LogP contribution is -2.36. The van der Waals surface area contributed by atoms with Crippen LogP contribution in [0.3, 0.4) is 0 Å². The number of halogens is 2. The number of rotatable bonds is 6. The van der Waals surface area contributed by atoms with Gasteiger partial charge in [-0.15, -0.1) is 11.3 Å². The molecular formula is C16H14Cl2N4O2S. The lowest BCUT2D eigenvalue weighted by Gasteiger charge is -2.16. The minimum atomic E-state index is -0.302. The number of benzene rings is 1. The van der Waals surface area contributed by atoms with Crippen LogP contribution in [0, 0.1) is 11.3 Å². The molecule has 0 saturated heterocycles. The Bertz CT molecular complexity index is 832. The van der Waals surface area contributed by atoms with E-state index in [0.717, 1.165) is 0 Å². The average Bonchev–Trinajstić information content (AvgIpc) is 2.97. The summed E-state index contributed by atoms with van der Waals surface area (Å²) in [4.78, 5) is 25.6. The van der Waals surface area contributed by atoms with Crippen LogP contribution >= 0.6 is 34.5 Å². The van der Waals surface area contributed by atoms with E-state index in [1.165, 1.54) is 11.3 Å². The lowest BCUT2D eigenvalue weighted by atomic mass is 10.3. The second kappa shape index (κ2) is 8.83. The van der Waals surface area contributed by atoms with Crippen molar-refractivity contribution in [2.75, 3.05) is 30.8 Å². The number of anilines is 2. The van der Waals surface area contributed by atoms with Crippen molar-refractivity contribution in [2.45, 2.75) is 0 Å². The fourth-order valence-electron chi connectivity index (χ4n) is 1.98. The molecule has 2 rings (SSSR count). The Kier molecular flexibility index (Phi) is 6.79. The molecule has 9 heteroatoms. The molecule has 1 aromatic carbocycles. The molecule has 6 nitrogen and oxygen atoms in total. The Morgan fingerprint density at radius 1 is 1.16 bits per heavy atom. The van der Waals surface area contributed by atoms with Crippen molar-refractivity contribution in [3.8, 4) is 6.07 Å². The summed E-state index contributed by atoms with van der Waals surface area (Å²) in [5.41, 5.74) is 0.938. The zero-order valence-corrected chi connectivity index (χ0v) is 15.5. The summed E-state index contributed by atoms with van der Waals surface area (Å²) in [6.45, 7) is 0.0285. The second-order valence-electron chi connectivity index (χ2n) is 5.17. The van der Waals surface area contributed by atoms with Gasteiger partial charge in [-0.1, -0.05) is 23.2 Å². The number of carbonyl (C=O) groups excluding carboxylic acids is 2. The van der Waals surface area contributed by atoms with Gasteiger partial charge in [-0.2, -0.15) is 5.26 Å². The third-order valence-corrected chi connectivity index (χ3v) is 4.64. The molecule has 0 radical (unpaired) electrons. The molecule has 25 heavy (non-hydrogen) atoms. The van der Waals surface area contributed by atoms with Crippen LogP contribution in [-0.2, 0) is 9.59 Å². The standard InChI is InChI=1S/C16H14Cl2N4O2S/c1-22(9-15(24)21-16-10(7-19)4-5-25-16)8-14(23)20-11-2-3-12(17)13(18)6-11/h2-6H,8-9H2,1H3,(H,20,23)(H,21,24). The minimum Gasteiger partial charge on any atom is -0.325 e. The average molecular weight is 397 g/mol. The molecule has 0 bridgehead atoms. The Balaban J connectivity index is 1.83. The van der Waals surface area contributed by atoms with Gasteiger partial charge in [0.2, 0.25) is 11.8 Å². The first-order valence-corrected chi connectivity index (χ1v) is 8.73. The first-order valence-electron chi connectivity index (χ1n) is 7.10. The van der Waals surface area contributed by atoms with E-state index >= 15 is 0 Å². The molecule has 0 saturated carbocycles. The summed E-state index contributed by atoms with van der Waals surface area (Å²) in [6.07, 6.45) is 0. The predicted octanol–water partition coefficient (Wildman–Crippen LogP) is 3.44. The van der Waals surface area contributed by atoms with Crippen molar-refractivity contribution >= 4 is 57.0 Å². The third-order valence-electron chi connectivity index (χ3n) is 3.07. The van der Waals surface area contributed by atoms with Gasteiger partial charge in [-0.3, -0.25) is 14.5 Å². The number of nitriles is 1. The topological polar surface area (TPSA) is 85.2 Å². The molecule has 0 atom stereocenters. The molecule has 0 aliphatic carbocycles. The number of thiophene rings is 1. The van der Waals surface area contributed by atoms with Gasteiger partial charge in [-0.25, -0.2) is 0 Å². The SMILES string of the molecule is CN(CC(=O)Nc1ccc(Cl)c(Cl)c1)CC(=O)Nc1sccc1C#N. The molecule has 2 N–H and O–H groups in total. The van der Waals surface area contributed by atoms with E-state index in [1.807, 2.05) is 6.07 Å². The maximum atomic E-state index is 12.0. The largest absolute Gasteiger partial charge is 0.325 e. The number of amides is 2. The highest BCUT2D eigenvalue weighted by Gasteiger charge is 2.13. The number of hydrogen-bond donors (Lipinski definition) is 2. The van der Waals surface area contributed by atoms with Crippen molar-refractivity contribution in [3.63, 3.8) is 0 Å². The smallest absolute Gasteiger partial charge is 0.239 e. The van der Waals surface area contributed by atoms with Crippen molar-refractivity contribution in [2.24, 2.45) is 0 Å². The van der Waals surface area contributed by atoms with Gasteiger partial charge in [0.15, 0.2) is 0 Å². The lowest BCUT2D eigenvalue weighted by molar-refractivity contribution is -0.119. The zero-order chi connectivity index (χ0) is 18.4. The van der Waals surface area contributed by atoms with Crippen LogP contribution in [0.2, 0.25) is 10.0 Å². The van der Waals surface area contributed by atoms with Gasteiger partial charge in [0.25, 0.3) is 0 Å².